The Morgan fingerprint density at radius 1 is 1.03 bits per heavy atom. The fraction of sp³-hybridized carbons (Fsp3) is 0.633. The van der Waals surface area contributed by atoms with Gasteiger partial charge in [0.15, 0.2) is 8.32 Å². The van der Waals surface area contributed by atoms with Crippen molar-refractivity contribution in [3.8, 4) is 0 Å². The van der Waals surface area contributed by atoms with Gasteiger partial charge in [-0.3, -0.25) is 0 Å². The Kier molecular flexibility index (Phi) is 7.11. The molecule has 3 aliphatic rings. The predicted octanol–water partition coefficient (Wildman–Crippen LogP) is 8.91. The maximum absolute atomic E-state index is 13.3. The minimum absolute atomic E-state index is 0.0212. The molecule has 39 heavy (non-hydrogen) atoms. The maximum Gasteiger partial charge on any atom is 0.416 e. The van der Waals surface area contributed by atoms with E-state index in [-0.39, 0.29) is 16.6 Å². The highest BCUT2D eigenvalue weighted by Crippen LogP contribution is 2.59. The lowest BCUT2D eigenvalue weighted by atomic mass is 9.70. The number of fused-ring (bicyclic) bond motifs is 4. The SMILES string of the molecule is CC1(C)Cc2nc(Cl)c3c(c2C(O[Si](C)(C)C(C)(C)C)C1)C1(CCOCC1)O[C@H]3c1ccc(C(F)(F)F)cc1. The van der Waals surface area contributed by atoms with E-state index in [4.69, 9.17) is 30.5 Å². The summed E-state index contributed by atoms with van der Waals surface area (Å²) in [6.07, 6.45) is -2.30. The summed E-state index contributed by atoms with van der Waals surface area (Å²) in [7, 11) is -2.17. The van der Waals surface area contributed by atoms with E-state index in [0.717, 1.165) is 47.4 Å². The third kappa shape index (κ3) is 5.20. The van der Waals surface area contributed by atoms with Crippen molar-refractivity contribution < 1.29 is 27.1 Å². The van der Waals surface area contributed by atoms with E-state index >= 15 is 0 Å². The number of ether oxygens (including phenoxy) is 2. The van der Waals surface area contributed by atoms with E-state index in [9.17, 15) is 13.2 Å². The highest BCUT2D eigenvalue weighted by atomic mass is 35.5. The molecule has 1 unspecified atom stereocenters. The Morgan fingerprint density at radius 2 is 1.64 bits per heavy atom. The zero-order chi connectivity index (χ0) is 28.6. The molecule has 1 saturated heterocycles. The van der Waals surface area contributed by atoms with E-state index in [0.29, 0.717) is 36.8 Å². The van der Waals surface area contributed by atoms with Gasteiger partial charge in [-0.05, 0) is 54.1 Å². The number of halogens is 4. The standard InChI is InChI=1S/C30H39ClF3NO3Si/c1-27(2,3)39(6,7)38-21-17-28(4,5)16-20-22(21)24-23(26(31)35-20)25(37-29(24)12-14-36-15-13-29)18-8-10-19(11-9-18)30(32,33)34/h8-11,21,25H,12-17H2,1-7H3/t21?,25-/m0/s1. The van der Waals surface area contributed by atoms with E-state index in [1.54, 1.807) is 0 Å². The lowest BCUT2D eigenvalue weighted by Gasteiger charge is -2.46. The third-order valence-corrected chi connectivity index (χ3v) is 13.9. The van der Waals surface area contributed by atoms with E-state index in [1.807, 2.05) is 0 Å². The van der Waals surface area contributed by atoms with Crippen LogP contribution in [0.2, 0.25) is 23.3 Å². The fourth-order valence-corrected chi connectivity index (χ4v) is 7.66. The minimum atomic E-state index is -4.41. The first-order valence-corrected chi connectivity index (χ1v) is 17.1. The summed E-state index contributed by atoms with van der Waals surface area (Å²) < 4.78 is 59.7. The summed E-state index contributed by atoms with van der Waals surface area (Å²) in [4.78, 5) is 4.94. The molecule has 214 valence electrons. The first-order chi connectivity index (χ1) is 17.9. The van der Waals surface area contributed by atoms with Gasteiger partial charge in [0, 0.05) is 48.4 Å². The lowest BCUT2D eigenvalue weighted by Crippen LogP contribution is -2.44. The second-order valence-corrected chi connectivity index (χ2v) is 18.8. The molecular weight excluding hydrogens is 543 g/mol. The Morgan fingerprint density at radius 3 is 2.21 bits per heavy atom. The summed E-state index contributed by atoms with van der Waals surface area (Å²) in [5, 5.41) is 0.383. The molecule has 1 fully saturated rings. The van der Waals surface area contributed by atoms with Crippen molar-refractivity contribution in [2.24, 2.45) is 5.41 Å². The van der Waals surface area contributed by atoms with Crippen LogP contribution in [0.25, 0.3) is 0 Å². The van der Waals surface area contributed by atoms with Gasteiger partial charge in [-0.1, -0.05) is 58.4 Å². The number of nitrogens with zero attached hydrogens (tertiary/aromatic N) is 1. The van der Waals surface area contributed by atoms with Crippen LogP contribution in [0, 0.1) is 5.41 Å². The Balaban J connectivity index is 1.70. The normalized spacial score (nSPS) is 24.5. The van der Waals surface area contributed by atoms with Crippen molar-refractivity contribution in [2.45, 2.75) is 102 Å². The smallest absolute Gasteiger partial charge is 0.410 e. The predicted molar refractivity (Wildman–Crippen MR) is 148 cm³/mol. The molecule has 0 amide bonds. The average Bonchev–Trinajstić information content (AvgIpc) is 3.12. The molecule has 0 saturated carbocycles. The van der Waals surface area contributed by atoms with Crippen LogP contribution in [0.15, 0.2) is 24.3 Å². The number of benzene rings is 1. The van der Waals surface area contributed by atoms with Gasteiger partial charge in [-0.15, -0.1) is 0 Å². The van der Waals surface area contributed by atoms with E-state index in [2.05, 4.69) is 47.7 Å². The van der Waals surface area contributed by atoms with Crippen LogP contribution in [-0.4, -0.2) is 26.5 Å². The highest BCUT2D eigenvalue weighted by molar-refractivity contribution is 6.74. The summed E-state index contributed by atoms with van der Waals surface area (Å²) in [6.45, 7) is 16.8. The van der Waals surface area contributed by atoms with Gasteiger partial charge in [0.2, 0.25) is 0 Å². The molecule has 0 bridgehead atoms. The Labute approximate surface area is 235 Å². The van der Waals surface area contributed by atoms with Gasteiger partial charge >= 0.3 is 6.18 Å². The molecule has 3 heterocycles. The monoisotopic (exact) mass is 581 g/mol. The number of aromatic nitrogens is 1. The van der Waals surface area contributed by atoms with Crippen LogP contribution in [0.1, 0.15) is 99.6 Å². The van der Waals surface area contributed by atoms with Crippen LogP contribution in [0.5, 0.6) is 0 Å². The molecule has 1 aromatic heterocycles. The van der Waals surface area contributed by atoms with Crippen LogP contribution < -0.4 is 0 Å². The average molecular weight is 582 g/mol. The van der Waals surface area contributed by atoms with Crippen LogP contribution in [0.3, 0.4) is 0 Å². The molecule has 1 aliphatic carbocycles. The zero-order valence-corrected chi connectivity index (χ0v) is 25.6. The first kappa shape index (κ1) is 29.1. The molecular formula is C30H39ClF3NO3Si. The highest BCUT2D eigenvalue weighted by Gasteiger charge is 2.53. The van der Waals surface area contributed by atoms with Gasteiger partial charge < -0.3 is 13.9 Å². The third-order valence-electron chi connectivity index (χ3n) is 9.16. The van der Waals surface area contributed by atoms with Gasteiger partial charge in [0.1, 0.15) is 11.3 Å². The van der Waals surface area contributed by atoms with E-state index in [1.165, 1.54) is 12.1 Å². The number of pyridine rings is 1. The van der Waals surface area contributed by atoms with Crippen molar-refractivity contribution >= 4 is 19.9 Å². The number of alkyl halides is 3. The minimum Gasteiger partial charge on any atom is -0.410 e. The summed E-state index contributed by atoms with van der Waals surface area (Å²) in [6, 6.07) is 5.22. The van der Waals surface area contributed by atoms with Crippen molar-refractivity contribution in [3.63, 3.8) is 0 Å². The maximum atomic E-state index is 13.3. The number of hydrogen-bond donors (Lipinski definition) is 0. The van der Waals surface area contributed by atoms with E-state index < -0.39 is 31.8 Å². The second kappa shape index (κ2) is 9.55. The summed E-state index contributed by atoms with van der Waals surface area (Å²) in [5.41, 5.74) is 3.08. The van der Waals surface area contributed by atoms with Gasteiger partial charge in [-0.25, -0.2) is 4.98 Å². The van der Waals surface area contributed by atoms with Crippen molar-refractivity contribution in [2.75, 3.05) is 13.2 Å². The molecule has 1 aromatic carbocycles. The van der Waals surface area contributed by atoms with Crippen LogP contribution >= 0.6 is 11.6 Å². The van der Waals surface area contributed by atoms with Crippen LogP contribution in [0.4, 0.5) is 13.2 Å². The summed E-state index contributed by atoms with van der Waals surface area (Å²) >= 11 is 6.97. The van der Waals surface area contributed by atoms with Gasteiger partial charge in [0.25, 0.3) is 0 Å². The molecule has 2 atom stereocenters. The number of hydrogen-bond acceptors (Lipinski definition) is 4. The Hall–Kier alpha value is -1.45. The molecule has 4 nitrogen and oxygen atoms in total. The first-order valence-electron chi connectivity index (χ1n) is 13.8. The fourth-order valence-electron chi connectivity index (χ4n) is 6.10. The molecule has 1 spiro atoms. The van der Waals surface area contributed by atoms with Gasteiger partial charge in [-0.2, -0.15) is 13.2 Å². The second-order valence-electron chi connectivity index (χ2n) is 13.7. The Bertz CT molecular complexity index is 1250. The quantitative estimate of drug-likeness (QED) is 0.268. The molecule has 2 aromatic rings. The molecule has 2 aliphatic heterocycles. The van der Waals surface area contributed by atoms with Crippen molar-refractivity contribution in [3.05, 3.63) is 62.9 Å². The largest absolute Gasteiger partial charge is 0.416 e. The van der Waals surface area contributed by atoms with Crippen molar-refractivity contribution in [1.29, 1.82) is 0 Å². The van der Waals surface area contributed by atoms with Gasteiger partial charge in [0.05, 0.1) is 17.3 Å². The topological polar surface area (TPSA) is 40.6 Å². The molecule has 0 N–H and O–H groups in total. The number of rotatable bonds is 3. The van der Waals surface area contributed by atoms with Crippen molar-refractivity contribution in [1.82, 2.24) is 4.98 Å². The molecule has 9 heteroatoms. The lowest BCUT2D eigenvalue weighted by molar-refractivity contribution is -0.137. The van der Waals surface area contributed by atoms with Crippen LogP contribution in [-0.2, 0) is 32.1 Å². The molecule has 0 radical (unpaired) electrons. The summed E-state index contributed by atoms with van der Waals surface area (Å²) in [5.74, 6) is 0. The zero-order valence-electron chi connectivity index (χ0n) is 23.9. The molecule has 5 rings (SSSR count).